The number of hydrogen-bond donors (Lipinski definition) is 1. The van der Waals surface area contributed by atoms with Crippen molar-refractivity contribution in [3.63, 3.8) is 0 Å². The largest absolute Gasteiger partial charge is 0.366 e. The molecule has 1 N–H and O–H groups in total. The average Bonchev–Trinajstić information content (AvgIpc) is 2.99. The van der Waals surface area contributed by atoms with Crippen LogP contribution in [-0.4, -0.2) is 48.0 Å². The first kappa shape index (κ1) is 16.0. The van der Waals surface area contributed by atoms with Crippen molar-refractivity contribution in [1.29, 1.82) is 0 Å². The number of carbonyl (C=O) groups is 2. The zero-order chi connectivity index (χ0) is 17.1. The Labute approximate surface area is 138 Å². The molecule has 1 saturated heterocycles. The van der Waals surface area contributed by atoms with Crippen LogP contribution in [0.1, 0.15) is 5.76 Å². The lowest BCUT2D eigenvalue weighted by atomic mass is 10.2. The van der Waals surface area contributed by atoms with Gasteiger partial charge in [0.05, 0.1) is 5.69 Å². The number of nitrogens with zero attached hydrogens (tertiary/aromatic N) is 3. The molecule has 0 bridgehead atoms. The first-order chi connectivity index (χ1) is 11.5. The predicted octanol–water partition coefficient (Wildman–Crippen LogP) is 1.41. The van der Waals surface area contributed by atoms with Gasteiger partial charge in [0.1, 0.15) is 11.6 Å². The third-order valence-corrected chi connectivity index (χ3v) is 3.82. The summed E-state index contributed by atoms with van der Waals surface area (Å²) < 4.78 is 18.6. The summed E-state index contributed by atoms with van der Waals surface area (Å²) in [5, 5.41) is 6.02. The fourth-order valence-electron chi connectivity index (χ4n) is 2.60. The lowest BCUT2D eigenvalue weighted by Crippen LogP contribution is -2.51. The molecule has 8 heteroatoms. The van der Waals surface area contributed by atoms with Crippen molar-refractivity contribution in [1.82, 2.24) is 10.1 Å². The fraction of sp³-hybridized carbons (Fsp3) is 0.312. The van der Waals surface area contributed by atoms with Gasteiger partial charge in [0.2, 0.25) is 0 Å². The number of benzene rings is 1. The van der Waals surface area contributed by atoms with E-state index in [4.69, 9.17) is 4.52 Å². The van der Waals surface area contributed by atoms with Gasteiger partial charge < -0.3 is 14.3 Å². The van der Waals surface area contributed by atoms with Gasteiger partial charge in [0.15, 0.2) is 5.82 Å². The fourth-order valence-corrected chi connectivity index (χ4v) is 2.60. The van der Waals surface area contributed by atoms with Crippen LogP contribution in [0.4, 0.5) is 15.9 Å². The van der Waals surface area contributed by atoms with Crippen LogP contribution in [0.5, 0.6) is 0 Å². The summed E-state index contributed by atoms with van der Waals surface area (Å²) in [7, 11) is 0. The summed E-state index contributed by atoms with van der Waals surface area (Å²) in [6.45, 7) is 3.30. The smallest absolute Gasteiger partial charge is 0.315 e. The van der Waals surface area contributed by atoms with E-state index in [-0.39, 0.29) is 11.6 Å². The number of aryl methyl sites for hydroxylation is 1. The number of aromatic nitrogens is 1. The standard InChI is InChI=1S/C16H17FN4O3/c1-11-10-14(19-24-11)18-15(22)16(23)21-8-6-20(7-9-21)13-5-3-2-4-12(13)17/h2-5,10H,6-9H2,1H3,(H,18,19,22). The maximum Gasteiger partial charge on any atom is 0.315 e. The normalized spacial score (nSPS) is 14.6. The van der Waals surface area contributed by atoms with Gasteiger partial charge in [-0.25, -0.2) is 4.39 Å². The molecule has 2 heterocycles. The topological polar surface area (TPSA) is 78.7 Å². The summed E-state index contributed by atoms with van der Waals surface area (Å²) in [4.78, 5) is 27.5. The number of rotatable bonds is 2. The number of piperazine rings is 1. The van der Waals surface area contributed by atoms with Crippen molar-refractivity contribution in [3.05, 3.63) is 41.9 Å². The van der Waals surface area contributed by atoms with Crippen molar-refractivity contribution in [2.24, 2.45) is 0 Å². The van der Waals surface area contributed by atoms with Crippen molar-refractivity contribution >= 4 is 23.3 Å². The molecule has 1 aromatic heterocycles. The van der Waals surface area contributed by atoms with E-state index in [2.05, 4.69) is 10.5 Å². The van der Waals surface area contributed by atoms with E-state index in [1.807, 2.05) is 4.90 Å². The van der Waals surface area contributed by atoms with Crippen LogP contribution in [0.15, 0.2) is 34.9 Å². The van der Waals surface area contributed by atoms with E-state index < -0.39 is 11.8 Å². The Balaban J connectivity index is 1.57. The molecule has 0 unspecified atom stereocenters. The minimum Gasteiger partial charge on any atom is -0.366 e. The molecule has 0 radical (unpaired) electrons. The Morgan fingerprint density at radius 2 is 1.92 bits per heavy atom. The van der Waals surface area contributed by atoms with Gasteiger partial charge in [0.25, 0.3) is 0 Å². The lowest BCUT2D eigenvalue weighted by Gasteiger charge is -2.35. The molecular formula is C16H17FN4O3. The number of amides is 2. The molecular weight excluding hydrogens is 315 g/mol. The highest BCUT2D eigenvalue weighted by atomic mass is 19.1. The summed E-state index contributed by atoms with van der Waals surface area (Å²) >= 11 is 0. The molecule has 0 spiro atoms. The molecule has 0 saturated carbocycles. The molecule has 126 valence electrons. The van der Waals surface area contributed by atoms with Gasteiger partial charge in [-0.1, -0.05) is 17.3 Å². The van der Waals surface area contributed by atoms with Gasteiger partial charge in [0, 0.05) is 32.2 Å². The summed E-state index contributed by atoms with van der Waals surface area (Å²) in [5.41, 5.74) is 0.507. The van der Waals surface area contributed by atoms with E-state index in [0.717, 1.165) is 0 Å². The predicted molar refractivity (Wildman–Crippen MR) is 85.1 cm³/mol. The van der Waals surface area contributed by atoms with E-state index in [1.165, 1.54) is 17.0 Å². The lowest BCUT2D eigenvalue weighted by molar-refractivity contribution is -0.143. The Morgan fingerprint density at radius 3 is 2.54 bits per heavy atom. The highest BCUT2D eigenvalue weighted by Gasteiger charge is 2.27. The van der Waals surface area contributed by atoms with Gasteiger partial charge in [-0.15, -0.1) is 0 Å². The molecule has 0 aliphatic carbocycles. The first-order valence-electron chi connectivity index (χ1n) is 7.57. The van der Waals surface area contributed by atoms with E-state index in [9.17, 15) is 14.0 Å². The van der Waals surface area contributed by atoms with Crippen LogP contribution in [0.3, 0.4) is 0 Å². The number of nitrogens with one attached hydrogen (secondary N) is 1. The Kier molecular flexibility index (Phi) is 4.45. The van der Waals surface area contributed by atoms with E-state index >= 15 is 0 Å². The van der Waals surface area contributed by atoms with E-state index in [0.29, 0.717) is 37.6 Å². The van der Waals surface area contributed by atoms with Crippen LogP contribution < -0.4 is 10.2 Å². The van der Waals surface area contributed by atoms with Crippen LogP contribution >= 0.6 is 0 Å². The zero-order valence-electron chi connectivity index (χ0n) is 13.2. The van der Waals surface area contributed by atoms with Gasteiger partial charge in [-0.2, -0.15) is 0 Å². The molecule has 1 aliphatic heterocycles. The molecule has 2 aromatic rings. The van der Waals surface area contributed by atoms with Crippen molar-refractivity contribution in [2.45, 2.75) is 6.92 Å². The highest BCUT2D eigenvalue weighted by Crippen LogP contribution is 2.20. The van der Waals surface area contributed by atoms with Gasteiger partial charge in [-0.05, 0) is 19.1 Å². The van der Waals surface area contributed by atoms with Crippen LogP contribution in [0.25, 0.3) is 0 Å². The van der Waals surface area contributed by atoms with Crippen LogP contribution in [0, 0.1) is 12.7 Å². The maximum atomic E-state index is 13.8. The summed E-state index contributed by atoms with van der Waals surface area (Å²) in [6, 6.07) is 8.03. The SMILES string of the molecule is Cc1cc(NC(=O)C(=O)N2CCN(c3ccccc3F)CC2)no1. The third kappa shape index (κ3) is 3.37. The van der Waals surface area contributed by atoms with Crippen molar-refractivity contribution in [2.75, 3.05) is 36.4 Å². The minimum atomic E-state index is -0.761. The average molecular weight is 332 g/mol. The quantitative estimate of drug-likeness (QED) is 0.841. The second kappa shape index (κ2) is 6.69. The second-order valence-electron chi connectivity index (χ2n) is 5.51. The second-order valence-corrected chi connectivity index (χ2v) is 5.51. The molecule has 2 amide bonds. The monoisotopic (exact) mass is 332 g/mol. The molecule has 24 heavy (non-hydrogen) atoms. The molecule has 7 nitrogen and oxygen atoms in total. The first-order valence-corrected chi connectivity index (χ1v) is 7.57. The number of halogens is 1. The number of para-hydroxylation sites is 1. The molecule has 0 atom stereocenters. The molecule has 1 aliphatic rings. The third-order valence-electron chi connectivity index (χ3n) is 3.82. The zero-order valence-corrected chi connectivity index (χ0v) is 13.2. The van der Waals surface area contributed by atoms with Crippen molar-refractivity contribution < 1.29 is 18.5 Å². The van der Waals surface area contributed by atoms with Crippen molar-refractivity contribution in [3.8, 4) is 0 Å². The van der Waals surface area contributed by atoms with Crippen LogP contribution in [-0.2, 0) is 9.59 Å². The number of anilines is 2. The molecule has 1 aromatic carbocycles. The van der Waals surface area contributed by atoms with Gasteiger partial charge in [-0.3, -0.25) is 14.9 Å². The van der Waals surface area contributed by atoms with E-state index in [1.54, 1.807) is 25.1 Å². The minimum absolute atomic E-state index is 0.204. The molecule has 3 rings (SSSR count). The Bertz CT molecular complexity index is 753. The van der Waals surface area contributed by atoms with Crippen LogP contribution in [0.2, 0.25) is 0 Å². The van der Waals surface area contributed by atoms with Gasteiger partial charge >= 0.3 is 11.8 Å². The maximum absolute atomic E-state index is 13.8. The highest BCUT2D eigenvalue weighted by molar-refractivity contribution is 6.39. The molecule has 1 fully saturated rings. The summed E-state index contributed by atoms with van der Waals surface area (Å²) in [5.74, 6) is -0.949. The number of hydrogen-bond acceptors (Lipinski definition) is 5. The Morgan fingerprint density at radius 1 is 1.21 bits per heavy atom. The number of carbonyl (C=O) groups excluding carboxylic acids is 2. The Hall–Kier alpha value is -2.90. The summed E-state index contributed by atoms with van der Waals surface area (Å²) in [6.07, 6.45) is 0.